The molecule has 0 aromatic carbocycles. The average Bonchev–Trinajstić information content (AvgIpc) is 3.08. The summed E-state index contributed by atoms with van der Waals surface area (Å²) in [7, 11) is 5.93. The maximum Gasteiger partial charge on any atom is 0.191 e. The molecule has 2 rings (SSSR count). The smallest absolute Gasteiger partial charge is 0.191 e. The Bertz CT molecular complexity index is 458. The predicted octanol–water partition coefficient (Wildman–Crippen LogP) is 2.15. The zero-order chi connectivity index (χ0) is 16.5. The van der Waals surface area contributed by atoms with Gasteiger partial charge in [-0.3, -0.25) is 9.89 Å². The number of aliphatic imine (C=N–C) groups is 1. The number of halogens is 1. The second-order valence-electron chi connectivity index (χ2n) is 6.28. The molecule has 1 aromatic heterocycles. The van der Waals surface area contributed by atoms with Gasteiger partial charge in [-0.15, -0.1) is 24.0 Å². The van der Waals surface area contributed by atoms with Crippen molar-refractivity contribution >= 4 is 29.9 Å². The molecule has 6 nitrogen and oxygen atoms in total. The molecular formula is C17H32IN5O. The molecule has 0 saturated carbocycles. The first-order chi connectivity index (χ1) is 11.2. The molecule has 2 N–H and O–H groups in total. The number of hydrogen-bond acceptors (Lipinski definition) is 4. The van der Waals surface area contributed by atoms with E-state index >= 15 is 0 Å². The Balaban J connectivity index is 0.00000288. The van der Waals surface area contributed by atoms with Crippen molar-refractivity contribution in [2.24, 2.45) is 4.99 Å². The second-order valence-corrected chi connectivity index (χ2v) is 6.28. The Labute approximate surface area is 163 Å². The maximum absolute atomic E-state index is 5.53. The number of rotatable bonds is 7. The molecule has 0 bridgehead atoms. The fraction of sp³-hybridized carbons (Fsp3) is 0.706. The van der Waals surface area contributed by atoms with Gasteiger partial charge in [-0.25, -0.2) is 0 Å². The van der Waals surface area contributed by atoms with Crippen LogP contribution in [-0.4, -0.2) is 69.6 Å². The summed E-state index contributed by atoms with van der Waals surface area (Å²) in [6.07, 6.45) is 5.77. The molecule has 1 aromatic rings. The van der Waals surface area contributed by atoms with Crippen molar-refractivity contribution in [3.8, 4) is 0 Å². The third-order valence-corrected chi connectivity index (χ3v) is 4.35. The van der Waals surface area contributed by atoms with Crippen molar-refractivity contribution in [3.63, 3.8) is 0 Å². The number of furan rings is 1. The molecule has 1 fully saturated rings. The van der Waals surface area contributed by atoms with Crippen LogP contribution in [-0.2, 0) is 0 Å². The van der Waals surface area contributed by atoms with Crippen LogP contribution in [0.3, 0.4) is 0 Å². The van der Waals surface area contributed by atoms with Gasteiger partial charge in [0.2, 0.25) is 0 Å². The van der Waals surface area contributed by atoms with Gasteiger partial charge in [0, 0.05) is 26.7 Å². The fourth-order valence-corrected chi connectivity index (χ4v) is 2.95. The van der Waals surface area contributed by atoms with E-state index in [2.05, 4.69) is 39.5 Å². The van der Waals surface area contributed by atoms with E-state index in [-0.39, 0.29) is 30.0 Å². The Morgan fingerprint density at radius 3 is 2.62 bits per heavy atom. The van der Waals surface area contributed by atoms with Gasteiger partial charge in [0.15, 0.2) is 5.96 Å². The van der Waals surface area contributed by atoms with Gasteiger partial charge in [0.05, 0.1) is 12.3 Å². The lowest BCUT2D eigenvalue weighted by molar-refractivity contribution is 0.232. The Kier molecular flexibility index (Phi) is 10.4. The first-order valence-corrected chi connectivity index (χ1v) is 8.57. The summed E-state index contributed by atoms with van der Waals surface area (Å²) >= 11 is 0. The van der Waals surface area contributed by atoms with Crippen molar-refractivity contribution < 1.29 is 4.42 Å². The summed E-state index contributed by atoms with van der Waals surface area (Å²) < 4.78 is 5.53. The third-order valence-electron chi connectivity index (χ3n) is 4.35. The molecule has 1 atom stereocenters. The van der Waals surface area contributed by atoms with E-state index in [4.69, 9.17) is 4.42 Å². The van der Waals surface area contributed by atoms with E-state index in [1.165, 1.54) is 32.4 Å². The van der Waals surface area contributed by atoms with Crippen LogP contribution < -0.4 is 10.6 Å². The molecule has 7 heteroatoms. The lowest BCUT2D eigenvalue weighted by atomic mass is 10.1. The summed E-state index contributed by atoms with van der Waals surface area (Å²) in [5, 5.41) is 6.80. The van der Waals surface area contributed by atoms with Gasteiger partial charge in [-0.1, -0.05) is 6.42 Å². The Hall–Kier alpha value is -0.800. The Morgan fingerprint density at radius 2 is 2.04 bits per heavy atom. The minimum absolute atomic E-state index is 0. The molecule has 2 heterocycles. The summed E-state index contributed by atoms with van der Waals surface area (Å²) in [4.78, 5) is 8.98. The molecule has 0 amide bonds. The van der Waals surface area contributed by atoms with Crippen molar-refractivity contribution in [1.82, 2.24) is 20.4 Å². The van der Waals surface area contributed by atoms with Crippen LogP contribution in [0.4, 0.5) is 0 Å². The van der Waals surface area contributed by atoms with E-state index in [0.717, 1.165) is 31.4 Å². The van der Waals surface area contributed by atoms with Gasteiger partial charge in [-0.2, -0.15) is 0 Å². The normalized spacial score (nSPS) is 17.4. The number of nitrogens with one attached hydrogen (secondary N) is 2. The van der Waals surface area contributed by atoms with Gasteiger partial charge in [-0.05, 0) is 52.2 Å². The molecule has 0 aliphatic carbocycles. The third kappa shape index (κ3) is 6.98. The van der Waals surface area contributed by atoms with Crippen LogP contribution in [0.5, 0.6) is 0 Å². The molecule has 1 aliphatic rings. The zero-order valence-electron chi connectivity index (χ0n) is 15.1. The monoisotopic (exact) mass is 449 g/mol. The lowest BCUT2D eigenvalue weighted by Gasteiger charge is -2.27. The van der Waals surface area contributed by atoms with Crippen LogP contribution in [0.2, 0.25) is 0 Å². The summed E-state index contributed by atoms with van der Waals surface area (Å²) in [5.74, 6) is 1.81. The number of nitrogens with zero attached hydrogens (tertiary/aromatic N) is 3. The van der Waals surface area contributed by atoms with Crippen LogP contribution in [0.1, 0.15) is 31.1 Å². The summed E-state index contributed by atoms with van der Waals surface area (Å²) in [6.45, 7) is 5.22. The molecule has 1 saturated heterocycles. The number of piperidine rings is 1. The highest BCUT2D eigenvalue weighted by molar-refractivity contribution is 14.0. The highest BCUT2D eigenvalue weighted by Crippen LogP contribution is 2.17. The van der Waals surface area contributed by atoms with Crippen molar-refractivity contribution in [2.45, 2.75) is 25.3 Å². The molecule has 0 spiro atoms. The predicted molar refractivity (Wildman–Crippen MR) is 110 cm³/mol. The first-order valence-electron chi connectivity index (χ1n) is 8.57. The highest BCUT2D eigenvalue weighted by Gasteiger charge is 2.17. The number of hydrogen-bond donors (Lipinski definition) is 2. The number of likely N-dealkylation sites (tertiary alicyclic amines) is 1. The molecule has 138 valence electrons. The van der Waals surface area contributed by atoms with E-state index in [9.17, 15) is 0 Å². The minimum atomic E-state index is 0. The van der Waals surface area contributed by atoms with Crippen molar-refractivity contribution in [1.29, 1.82) is 0 Å². The van der Waals surface area contributed by atoms with E-state index in [0.29, 0.717) is 0 Å². The first kappa shape index (κ1) is 21.2. The van der Waals surface area contributed by atoms with Gasteiger partial charge >= 0.3 is 0 Å². The van der Waals surface area contributed by atoms with Crippen LogP contribution >= 0.6 is 24.0 Å². The quantitative estimate of drug-likeness (QED) is 0.380. The van der Waals surface area contributed by atoms with Gasteiger partial charge < -0.3 is 20.0 Å². The minimum Gasteiger partial charge on any atom is -0.468 e. The number of likely N-dealkylation sites (N-methyl/N-ethyl adjacent to an activating group) is 1. The maximum atomic E-state index is 5.53. The largest absolute Gasteiger partial charge is 0.468 e. The summed E-state index contributed by atoms with van der Waals surface area (Å²) in [5.41, 5.74) is 0. The molecule has 24 heavy (non-hydrogen) atoms. The number of guanidine groups is 1. The van der Waals surface area contributed by atoms with Crippen molar-refractivity contribution in [3.05, 3.63) is 24.2 Å². The highest BCUT2D eigenvalue weighted by atomic mass is 127. The van der Waals surface area contributed by atoms with Crippen LogP contribution in [0.15, 0.2) is 27.8 Å². The van der Waals surface area contributed by atoms with Gasteiger partial charge in [0.25, 0.3) is 0 Å². The lowest BCUT2D eigenvalue weighted by Crippen LogP contribution is -2.44. The van der Waals surface area contributed by atoms with Crippen LogP contribution in [0.25, 0.3) is 0 Å². The van der Waals surface area contributed by atoms with E-state index in [1.807, 2.05) is 19.2 Å². The standard InChI is InChI=1S/C17H31N5O.HI/c1-18-17(19-9-12-22-10-5-4-6-11-22)20-14-15(21(2)3)16-8-7-13-23-16;/h7-8,13,15H,4-6,9-12,14H2,1-3H3,(H2,18,19,20);1H. The molecule has 0 radical (unpaired) electrons. The molecular weight excluding hydrogens is 417 g/mol. The van der Waals surface area contributed by atoms with E-state index < -0.39 is 0 Å². The Morgan fingerprint density at radius 1 is 1.29 bits per heavy atom. The fourth-order valence-electron chi connectivity index (χ4n) is 2.95. The molecule has 1 aliphatic heterocycles. The zero-order valence-corrected chi connectivity index (χ0v) is 17.5. The topological polar surface area (TPSA) is 56.0 Å². The van der Waals surface area contributed by atoms with E-state index in [1.54, 1.807) is 6.26 Å². The van der Waals surface area contributed by atoms with Crippen molar-refractivity contribution in [2.75, 3.05) is 53.9 Å². The average molecular weight is 449 g/mol. The van der Waals surface area contributed by atoms with Crippen LogP contribution in [0, 0.1) is 0 Å². The SMILES string of the molecule is CN=C(NCCN1CCCCC1)NCC(c1ccco1)N(C)C.I. The summed E-state index contributed by atoms with van der Waals surface area (Å²) in [6, 6.07) is 4.13. The molecule has 1 unspecified atom stereocenters. The van der Waals surface area contributed by atoms with Gasteiger partial charge in [0.1, 0.15) is 5.76 Å². The second kappa shape index (κ2) is 11.7.